The van der Waals surface area contributed by atoms with Gasteiger partial charge < -0.3 is 20.1 Å². The molecule has 0 radical (unpaired) electrons. The predicted molar refractivity (Wildman–Crippen MR) is 94.7 cm³/mol. The Morgan fingerprint density at radius 1 is 1.13 bits per heavy atom. The van der Waals surface area contributed by atoms with E-state index < -0.39 is 0 Å². The van der Waals surface area contributed by atoms with E-state index in [-0.39, 0.29) is 0 Å². The zero-order valence-corrected chi connectivity index (χ0v) is 13.8. The quantitative estimate of drug-likeness (QED) is 0.642. The Hall–Kier alpha value is -2.07. The Labute approximate surface area is 141 Å². The van der Waals surface area contributed by atoms with Crippen molar-refractivity contribution in [1.82, 2.24) is 0 Å². The number of hydrogen-bond acceptors (Lipinski definition) is 4. The van der Waals surface area contributed by atoms with Crippen molar-refractivity contribution in [3.63, 3.8) is 0 Å². The molecule has 2 aromatic rings. The fourth-order valence-electron chi connectivity index (χ4n) is 2.65. The van der Waals surface area contributed by atoms with Crippen molar-refractivity contribution in [2.45, 2.75) is 12.8 Å². The number of nitrogen functional groups attached to an aromatic ring is 1. The van der Waals surface area contributed by atoms with Crippen LogP contribution in [0, 0.1) is 0 Å². The summed E-state index contributed by atoms with van der Waals surface area (Å²) in [6.07, 6.45) is 2.06. The number of fused-ring (bicyclic) bond motifs is 1. The molecular weight excluding hydrogens is 312 g/mol. The van der Waals surface area contributed by atoms with Crippen LogP contribution in [0.5, 0.6) is 11.5 Å². The molecule has 4 nitrogen and oxygen atoms in total. The third-order valence-corrected chi connectivity index (χ3v) is 4.10. The van der Waals surface area contributed by atoms with Gasteiger partial charge in [-0.1, -0.05) is 11.6 Å². The van der Waals surface area contributed by atoms with Crippen LogP contribution in [-0.2, 0) is 0 Å². The molecule has 1 aliphatic rings. The molecule has 122 valence electrons. The summed E-state index contributed by atoms with van der Waals surface area (Å²) in [7, 11) is 0. The van der Waals surface area contributed by atoms with Crippen LogP contribution >= 0.6 is 11.6 Å². The van der Waals surface area contributed by atoms with Crippen LogP contribution in [0.25, 0.3) is 0 Å². The normalized spacial score (nSPS) is 13.3. The first-order chi connectivity index (χ1) is 11.2. The molecule has 0 atom stereocenters. The smallest absolute Gasteiger partial charge is 0.142 e. The molecule has 1 aliphatic heterocycles. The molecule has 23 heavy (non-hydrogen) atoms. The molecular formula is C18H21ClN2O2. The van der Waals surface area contributed by atoms with Gasteiger partial charge in [0.2, 0.25) is 0 Å². The van der Waals surface area contributed by atoms with E-state index in [0.717, 1.165) is 60.4 Å². The zero-order chi connectivity index (χ0) is 16.1. The van der Waals surface area contributed by atoms with Gasteiger partial charge in [0.15, 0.2) is 0 Å². The average molecular weight is 333 g/mol. The molecule has 0 saturated heterocycles. The Balaban J connectivity index is 1.45. The molecule has 0 aromatic heterocycles. The van der Waals surface area contributed by atoms with Crippen LogP contribution < -0.4 is 20.1 Å². The second kappa shape index (κ2) is 7.47. The summed E-state index contributed by atoms with van der Waals surface area (Å²) in [6.45, 7) is 3.30. The highest BCUT2D eigenvalue weighted by Crippen LogP contribution is 2.33. The molecule has 2 N–H and O–H groups in total. The minimum atomic E-state index is 0.704. The van der Waals surface area contributed by atoms with E-state index in [4.69, 9.17) is 26.8 Å². The lowest BCUT2D eigenvalue weighted by Gasteiger charge is -2.31. The maximum atomic E-state index is 5.88. The number of unbranched alkanes of at least 4 members (excludes halogenated alkanes) is 1. The number of hydrogen-bond donors (Lipinski definition) is 1. The number of ether oxygens (including phenoxy) is 2. The van der Waals surface area contributed by atoms with E-state index in [1.165, 1.54) is 0 Å². The molecule has 0 amide bonds. The number of nitrogens with two attached hydrogens (primary N) is 1. The van der Waals surface area contributed by atoms with E-state index in [1.54, 1.807) is 0 Å². The third kappa shape index (κ3) is 4.23. The summed E-state index contributed by atoms with van der Waals surface area (Å²) < 4.78 is 11.4. The lowest BCUT2D eigenvalue weighted by atomic mass is 10.2. The molecule has 2 aromatic carbocycles. The van der Waals surface area contributed by atoms with Crippen LogP contribution in [0.1, 0.15) is 12.8 Å². The first kappa shape index (κ1) is 15.8. The Morgan fingerprint density at radius 3 is 2.78 bits per heavy atom. The molecule has 3 rings (SSSR count). The lowest BCUT2D eigenvalue weighted by Crippen LogP contribution is -2.33. The Kier molecular flexibility index (Phi) is 5.13. The van der Waals surface area contributed by atoms with Crippen LogP contribution in [-0.4, -0.2) is 26.3 Å². The highest BCUT2D eigenvalue weighted by Gasteiger charge is 2.17. The highest BCUT2D eigenvalue weighted by molar-refractivity contribution is 6.30. The summed E-state index contributed by atoms with van der Waals surface area (Å²) >= 11 is 5.85. The largest absolute Gasteiger partial charge is 0.494 e. The summed E-state index contributed by atoms with van der Waals surface area (Å²) in [5, 5.41) is 0.725. The summed E-state index contributed by atoms with van der Waals surface area (Å²) in [5.74, 6) is 1.78. The van der Waals surface area contributed by atoms with Gasteiger partial charge in [0.1, 0.15) is 18.1 Å². The summed E-state index contributed by atoms with van der Waals surface area (Å²) in [4.78, 5) is 2.33. The third-order valence-electron chi connectivity index (χ3n) is 3.85. The van der Waals surface area contributed by atoms with Crippen LogP contribution in [0.2, 0.25) is 5.02 Å². The number of halogens is 1. The second-order valence-corrected chi connectivity index (χ2v) is 6.01. The van der Waals surface area contributed by atoms with Gasteiger partial charge >= 0.3 is 0 Å². The fourth-order valence-corrected chi connectivity index (χ4v) is 2.77. The van der Waals surface area contributed by atoms with Gasteiger partial charge in [-0.05, 0) is 55.3 Å². The topological polar surface area (TPSA) is 47.7 Å². The summed E-state index contributed by atoms with van der Waals surface area (Å²) in [6, 6.07) is 13.3. The van der Waals surface area contributed by atoms with Crippen molar-refractivity contribution in [1.29, 1.82) is 0 Å². The standard InChI is InChI=1S/C18H21ClN2O2/c19-14-3-6-16(7-4-14)22-11-2-1-9-21-10-12-23-18-8-5-15(20)13-17(18)21/h3-8,13H,1-2,9-12,20H2. The van der Waals surface area contributed by atoms with Gasteiger partial charge in [-0.15, -0.1) is 0 Å². The van der Waals surface area contributed by atoms with Crippen LogP contribution in [0.15, 0.2) is 42.5 Å². The van der Waals surface area contributed by atoms with Crippen LogP contribution in [0.3, 0.4) is 0 Å². The van der Waals surface area contributed by atoms with Gasteiger partial charge in [-0.3, -0.25) is 0 Å². The Bertz CT molecular complexity index is 646. The molecule has 0 aliphatic carbocycles. The molecule has 1 heterocycles. The molecule has 0 spiro atoms. The SMILES string of the molecule is Nc1ccc2c(c1)N(CCCCOc1ccc(Cl)cc1)CCO2. The molecule has 0 unspecified atom stereocenters. The minimum Gasteiger partial charge on any atom is -0.494 e. The van der Waals surface area contributed by atoms with Gasteiger partial charge in [0.05, 0.1) is 18.8 Å². The van der Waals surface area contributed by atoms with Crippen molar-refractivity contribution in [2.75, 3.05) is 36.9 Å². The van der Waals surface area contributed by atoms with Crippen molar-refractivity contribution >= 4 is 23.0 Å². The molecule has 5 heteroatoms. The van der Waals surface area contributed by atoms with Crippen LogP contribution in [0.4, 0.5) is 11.4 Å². The van der Waals surface area contributed by atoms with E-state index in [2.05, 4.69) is 4.90 Å². The first-order valence-corrected chi connectivity index (χ1v) is 8.26. The minimum absolute atomic E-state index is 0.704. The lowest BCUT2D eigenvalue weighted by molar-refractivity contribution is 0.297. The number of nitrogens with zero attached hydrogens (tertiary/aromatic N) is 1. The number of rotatable bonds is 6. The van der Waals surface area contributed by atoms with Crippen molar-refractivity contribution in [3.8, 4) is 11.5 Å². The maximum Gasteiger partial charge on any atom is 0.142 e. The van der Waals surface area contributed by atoms with Gasteiger partial charge in [0, 0.05) is 17.3 Å². The monoisotopic (exact) mass is 332 g/mol. The zero-order valence-electron chi connectivity index (χ0n) is 13.0. The number of anilines is 2. The predicted octanol–water partition coefficient (Wildman–Crippen LogP) is 3.98. The van der Waals surface area contributed by atoms with E-state index in [0.29, 0.717) is 6.61 Å². The average Bonchev–Trinajstić information content (AvgIpc) is 2.56. The van der Waals surface area contributed by atoms with Gasteiger partial charge in [0.25, 0.3) is 0 Å². The van der Waals surface area contributed by atoms with Gasteiger partial charge in [-0.2, -0.15) is 0 Å². The summed E-state index contributed by atoms with van der Waals surface area (Å²) in [5.41, 5.74) is 7.75. The van der Waals surface area contributed by atoms with Crippen molar-refractivity contribution < 1.29 is 9.47 Å². The van der Waals surface area contributed by atoms with Crippen molar-refractivity contribution in [2.24, 2.45) is 0 Å². The van der Waals surface area contributed by atoms with Crippen molar-refractivity contribution in [3.05, 3.63) is 47.5 Å². The highest BCUT2D eigenvalue weighted by atomic mass is 35.5. The molecule has 0 fully saturated rings. The Morgan fingerprint density at radius 2 is 1.96 bits per heavy atom. The molecule has 0 saturated carbocycles. The van der Waals surface area contributed by atoms with Gasteiger partial charge in [-0.25, -0.2) is 0 Å². The second-order valence-electron chi connectivity index (χ2n) is 5.57. The molecule has 0 bridgehead atoms. The first-order valence-electron chi connectivity index (χ1n) is 7.88. The van der Waals surface area contributed by atoms with E-state index in [9.17, 15) is 0 Å². The maximum absolute atomic E-state index is 5.88. The fraction of sp³-hybridized carbons (Fsp3) is 0.333. The number of benzene rings is 2. The van der Waals surface area contributed by atoms with E-state index in [1.807, 2.05) is 42.5 Å². The van der Waals surface area contributed by atoms with E-state index >= 15 is 0 Å².